The molecule has 12 heavy (non-hydrogen) atoms. The summed E-state index contributed by atoms with van der Waals surface area (Å²) < 4.78 is 0. The van der Waals surface area contributed by atoms with Crippen molar-refractivity contribution in [3.63, 3.8) is 0 Å². The number of aromatic nitrogens is 1. The highest BCUT2D eigenvalue weighted by molar-refractivity contribution is 5.17. The molecule has 0 saturated heterocycles. The van der Waals surface area contributed by atoms with Gasteiger partial charge in [-0.25, -0.2) is 0 Å². The van der Waals surface area contributed by atoms with Crippen LogP contribution < -0.4 is 5.73 Å². The molecule has 1 rings (SSSR count). The molecule has 0 aromatic carbocycles. The maximum atomic E-state index is 5.90. The molecule has 0 amide bonds. The number of nitrogens with zero attached hydrogens (tertiary/aromatic N) is 1. The summed E-state index contributed by atoms with van der Waals surface area (Å²) in [5, 5.41) is 0. The summed E-state index contributed by atoms with van der Waals surface area (Å²) in [4.78, 5) is 4.13. The van der Waals surface area contributed by atoms with E-state index in [1.165, 1.54) is 5.56 Å². The Kier molecular flexibility index (Phi) is 2.48. The first-order valence-corrected chi connectivity index (χ1v) is 4.18. The fourth-order valence-corrected chi connectivity index (χ4v) is 1.24. The van der Waals surface area contributed by atoms with Crippen molar-refractivity contribution in [2.24, 2.45) is 5.73 Å². The van der Waals surface area contributed by atoms with E-state index in [1.807, 2.05) is 33.0 Å². The van der Waals surface area contributed by atoms with Crippen molar-refractivity contribution in [1.29, 1.82) is 0 Å². The quantitative estimate of drug-likeness (QED) is 0.722. The summed E-state index contributed by atoms with van der Waals surface area (Å²) in [5.74, 6) is 0. The number of nitrogens with two attached hydrogens (primary N) is 1. The van der Waals surface area contributed by atoms with E-state index in [4.69, 9.17) is 5.73 Å². The third kappa shape index (κ3) is 3.01. The molecule has 0 spiro atoms. The molecule has 0 bridgehead atoms. The third-order valence-corrected chi connectivity index (χ3v) is 1.62. The van der Waals surface area contributed by atoms with E-state index in [9.17, 15) is 0 Å². The molecule has 0 aliphatic rings. The Balaban J connectivity index is 2.77. The second-order valence-corrected chi connectivity index (χ2v) is 3.97. The lowest BCUT2D eigenvalue weighted by atomic mass is 9.97. The molecule has 0 radical (unpaired) electrons. The molecule has 0 unspecified atom stereocenters. The SMILES string of the molecule is Cc1cc(CC(C)(C)N)ccn1. The first kappa shape index (κ1) is 9.20. The van der Waals surface area contributed by atoms with E-state index in [-0.39, 0.29) is 5.54 Å². The molecule has 1 aromatic heterocycles. The predicted molar refractivity (Wildman–Crippen MR) is 50.9 cm³/mol. The fourth-order valence-electron chi connectivity index (χ4n) is 1.24. The number of hydrogen-bond acceptors (Lipinski definition) is 2. The first-order valence-electron chi connectivity index (χ1n) is 4.18. The topological polar surface area (TPSA) is 38.9 Å². The van der Waals surface area contributed by atoms with Gasteiger partial charge in [0.25, 0.3) is 0 Å². The standard InChI is InChI=1S/C10H16N2/c1-8-6-9(4-5-12-8)7-10(2,3)11/h4-6H,7,11H2,1-3H3. The molecule has 0 aliphatic carbocycles. The highest BCUT2D eigenvalue weighted by Gasteiger charge is 2.11. The molecule has 0 fully saturated rings. The van der Waals surface area contributed by atoms with Gasteiger partial charge in [0, 0.05) is 17.4 Å². The summed E-state index contributed by atoms with van der Waals surface area (Å²) in [6, 6.07) is 4.09. The van der Waals surface area contributed by atoms with E-state index in [0.717, 1.165) is 12.1 Å². The van der Waals surface area contributed by atoms with Crippen LogP contribution in [0.5, 0.6) is 0 Å². The van der Waals surface area contributed by atoms with E-state index < -0.39 is 0 Å². The smallest absolute Gasteiger partial charge is 0.0375 e. The number of pyridine rings is 1. The average Bonchev–Trinajstić information content (AvgIpc) is 1.82. The fraction of sp³-hybridized carbons (Fsp3) is 0.500. The average molecular weight is 164 g/mol. The molecular weight excluding hydrogens is 148 g/mol. The van der Waals surface area contributed by atoms with Gasteiger partial charge in [-0.1, -0.05) is 0 Å². The molecule has 2 nitrogen and oxygen atoms in total. The van der Waals surface area contributed by atoms with Gasteiger partial charge in [0.2, 0.25) is 0 Å². The summed E-state index contributed by atoms with van der Waals surface area (Å²) >= 11 is 0. The van der Waals surface area contributed by atoms with Crippen LogP contribution in [0.25, 0.3) is 0 Å². The molecule has 0 atom stereocenters. The number of aryl methyl sites for hydroxylation is 1. The van der Waals surface area contributed by atoms with Crippen LogP contribution in [-0.4, -0.2) is 10.5 Å². The third-order valence-electron chi connectivity index (χ3n) is 1.62. The maximum absolute atomic E-state index is 5.90. The summed E-state index contributed by atoms with van der Waals surface area (Å²) in [6.45, 7) is 6.05. The van der Waals surface area contributed by atoms with Crippen molar-refractivity contribution in [2.45, 2.75) is 32.7 Å². The molecule has 66 valence electrons. The predicted octanol–water partition coefficient (Wildman–Crippen LogP) is 1.67. The molecule has 2 heteroatoms. The minimum absolute atomic E-state index is 0.131. The zero-order chi connectivity index (χ0) is 9.19. The summed E-state index contributed by atoms with van der Waals surface area (Å²) in [5.41, 5.74) is 8.08. The van der Waals surface area contributed by atoms with Gasteiger partial charge < -0.3 is 5.73 Å². The Morgan fingerprint density at radius 3 is 2.67 bits per heavy atom. The van der Waals surface area contributed by atoms with Gasteiger partial charge in [0.15, 0.2) is 0 Å². The second-order valence-electron chi connectivity index (χ2n) is 3.97. The molecule has 1 heterocycles. The van der Waals surface area contributed by atoms with Gasteiger partial charge >= 0.3 is 0 Å². The van der Waals surface area contributed by atoms with Crippen LogP contribution in [0.15, 0.2) is 18.3 Å². The highest BCUT2D eigenvalue weighted by atomic mass is 14.7. The van der Waals surface area contributed by atoms with Crippen LogP contribution in [0, 0.1) is 6.92 Å². The molecule has 2 N–H and O–H groups in total. The van der Waals surface area contributed by atoms with Crippen LogP contribution >= 0.6 is 0 Å². The number of rotatable bonds is 2. The van der Waals surface area contributed by atoms with E-state index >= 15 is 0 Å². The van der Waals surface area contributed by atoms with E-state index in [1.54, 1.807) is 0 Å². The van der Waals surface area contributed by atoms with Gasteiger partial charge in [0.05, 0.1) is 0 Å². The Bertz CT molecular complexity index is 261. The lowest BCUT2D eigenvalue weighted by molar-refractivity contribution is 0.516. The Hall–Kier alpha value is -0.890. The van der Waals surface area contributed by atoms with Crippen molar-refractivity contribution in [1.82, 2.24) is 4.98 Å². The van der Waals surface area contributed by atoms with Crippen molar-refractivity contribution in [2.75, 3.05) is 0 Å². The second kappa shape index (κ2) is 3.23. The zero-order valence-corrected chi connectivity index (χ0v) is 7.96. The van der Waals surface area contributed by atoms with Gasteiger partial charge in [-0.15, -0.1) is 0 Å². The minimum atomic E-state index is -0.131. The van der Waals surface area contributed by atoms with Crippen LogP contribution in [-0.2, 0) is 6.42 Å². The van der Waals surface area contributed by atoms with Gasteiger partial charge in [-0.05, 0) is 44.9 Å². The minimum Gasteiger partial charge on any atom is -0.325 e. The van der Waals surface area contributed by atoms with Crippen molar-refractivity contribution in [3.8, 4) is 0 Å². The lowest BCUT2D eigenvalue weighted by Crippen LogP contribution is -2.34. The van der Waals surface area contributed by atoms with Crippen LogP contribution in [0.2, 0.25) is 0 Å². The van der Waals surface area contributed by atoms with Crippen molar-refractivity contribution in [3.05, 3.63) is 29.6 Å². The molecule has 0 aliphatic heterocycles. The Morgan fingerprint density at radius 1 is 1.50 bits per heavy atom. The van der Waals surface area contributed by atoms with Gasteiger partial charge in [-0.2, -0.15) is 0 Å². The van der Waals surface area contributed by atoms with Crippen LogP contribution in [0.3, 0.4) is 0 Å². The summed E-state index contributed by atoms with van der Waals surface area (Å²) in [7, 11) is 0. The normalized spacial score (nSPS) is 11.7. The highest BCUT2D eigenvalue weighted by Crippen LogP contribution is 2.09. The molecular formula is C10H16N2. The van der Waals surface area contributed by atoms with Gasteiger partial charge in [-0.3, -0.25) is 4.98 Å². The summed E-state index contributed by atoms with van der Waals surface area (Å²) in [6.07, 6.45) is 2.73. The monoisotopic (exact) mass is 164 g/mol. The Labute approximate surface area is 73.8 Å². The van der Waals surface area contributed by atoms with Crippen LogP contribution in [0.4, 0.5) is 0 Å². The molecule has 1 aromatic rings. The van der Waals surface area contributed by atoms with E-state index in [0.29, 0.717) is 0 Å². The lowest BCUT2D eigenvalue weighted by Gasteiger charge is -2.18. The van der Waals surface area contributed by atoms with Gasteiger partial charge in [0.1, 0.15) is 0 Å². The number of hydrogen-bond donors (Lipinski definition) is 1. The zero-order valence-electron chi connectivity index (χ0n) is 7.96. The Morgan fingerprint density at radius 2 is 2.17 bits per heavy atom. The van der Waals surface area contributed by atoms with Crippen molar-refractivity contribution >= 4 is 0 Å². The largest absolute Gasteiger partial charge is 0.325 e. The maximum Gasteiger partial charge on any atom is 0.0375 e. The van der Waals surface area contributed by atoms with E-state index in [2.05, 4.69) is 11.1 Å². The first-order chi connectivity index (χ1) is 5.47. The van der Waals surface area contributed by atoms with Crippen LogP contribution in [0.1, 0.15) is 25.1 Å². The van der Waals surface area contributed by atoms with Crippen molar-refractivity contribution < 1.29 is 0 Å². The molecule has 0 saturated carbocycles.